The van der Waals surface area contributed by atoms with Crippen LogP contribution < -0.4 is 0 Å². The first-order valence-electron chi connectivity index (χ1n) is 5.22. The van der Waals surface area contributed by atoms with Gasteiger partial charge in [0, 0.05) is 5.75 Å². The van der Waals surface area contributed by atoms with Gasteiger partial charge in [-0.25, -0.2) is 4.39 Å². The Hall–Kier alpha value is -1.19. The molecule has 3 heteroatoms. The van der Waals surface area contributed by atoms with E-state index in [1.807, 2.05) is 18.2 Å². The van der Waals surface area contributed by atoms with Gasteiger partial charge in [0.25, 0.3) is 0 Å². The number of halogens is 1. The van der Waals surface area contributed by atoms with Crippen molar-refractivity contribution in [3.63, 3.8) is 0 Å². The smallest absolute Gasteiger partial charge is 0.123 e. The highest BCUT2D eigenvalue weighted by Gasteiger charge is 2.02. The van der Waals surface area contributed by atoms with E-state index in [-0.39, 0.29) is 5.82 Å². The summed E-state index contributed by atoms with van der Waals surface area (Å²) in [7, 11) is 0. The number of hydrogen-bond acceptors (Lipinski definition) is 2. The van der Waals surface area contributed by atoms with Crippen molar-refractivity contribution in [3.05, 3.63) is 71.5 Å². The van der Waals surface area contributed by atoms with Gasteiger partial charge in [-0.05, 0) is 23.3 Å². The van der Waals surface area contributed by atoms with Crippen LogP contribution in [-0.4, -0.2) is 4.20 Å². The number of thiocarbonyl (C=S) groups is 1. The zero-order chi connectivity index (χ0) is 12.1. The summed E-state index contributed by atoms with van der Waals surface area (Å²) in [6.07, 6.45) is 0. The van der Waals surface area contributed by atoms with Crippen LogP contribution in [0.3, 0.4) is 0 Å². The largest absolute Gasteiger partial charge is 0.207 e. The van der Waals surface area contributed by atoms with E-state index < -0.39 is 0 Å². The quantitative estimate of drug-likeness (QED) is 0.750. The van der Waals surface area contributed by atoms with Crippen molar-refractivity contribution in [1.82, 2.24) is 0 Å². The van der Waals surface area contributed by atoms with Crippen LogP contribution in [0.1, 0.15) is 11.1 Å². The van der Waals surface area contributed by atoms with Gasteiger partial charge in [0.15, 0.2) is 0 Å². The van der Waals surface area contributed by atoms with E-state index in [0.29, 0.717) is 0 Å². The molecule has 2 aromatic rings. The Labute approximate surface area is 110 Å². The maximum atomic E-state index is 12.8. The maximum Gasteiger partial charge on any atom is 0.123 e. The Morgan fingerprint density at radius 3 is 2.29 bits per heavy atom. The Balaban J connectivity index is 1.96. The van der Waals surface area contributed by atoms with Gasteiger partial charge in [-0.3, -0.25) is 0 Å². The fraction of sp³-hybridized carbons (Fsp3) is 0.0714. The van der Waals surface area contributed by atoms with Crippen molar-refractivity contribution in [2.75, 3.05) is 0 Å². The molecule has 0 heterocycles. The van der Waals surface area contributed by atoms with Crippen LogP contribution >= 0.6 is 24.0 Å². The van der Waals surface area contributed by atoms with Crippen LogP contribution in [0.25, 0.3) is 0 Å². The van der Waals surface area contributed by atoms with E-state index in [1.165, 1.54) is 17.7 Å². The normalized spacial score (nSPS) is 10.2. The van der Waals surface area contributed by atoms with Crippen molar-refractivity contribution in [1.29, 1.82) is 0 Å². The molecule has 0 fully saturated rings. The van der Waals surface area contributed by atoms with Gasteiger partial charge >= 0.3 is 0 Å². The molecule has 17 heavy (non-hydrogen) atoms. The summed E-state index contributed by atoms with van der Waals surface area (Å²) in [5.41, 5.74) is 2.14. The van der Waals surface area contributed by atoms with Gasteiger partial charge in [0.05, 0.1) is 4.20 Å². The number of rotatable bonds is 3. The molecule has 0 atom stereocenters. The molecule has 0 unspecified atom stereocenters. The first-order chi connectivity index (χ1) is 8.25. The molecule has 0 radical (unpaired) electrons. The van der Waals surface area contributed by atoms with Crippen molar-refractivity contribution in [2.24, 2.45) is 0 Å². The lowest BCUT2D eigenvalue weighted by molar-refractivity contribution is 0.628. The second-order valence-corrected chi connectivity index (χ2v) is 5.22. The maximum absolute atomic E-state index is 12.8. The van der Waals surface area contributed by atoms with Gasteiger partial charge < -0.3 is 0 Å². The van der Waals surface area contributed by atoms with Crippen LogP contribution in [0.4, 0.5) is 4.39 Å². The lowest BCUT2D eigenvalue weighted by atomic mass is 10.2. The summed E-state index contributed by atoms with van der Waals surface area (Å²) in [5.74, 6) is 0.612. The van der Waals surface area contributed by atoms with Crippen LogP contribution in [0, 0.1) is 5.82 Å². The topological polar surface area (TPSA) is 0 Å². The first kappa shape index (κ1) is 12.3. The van der Waals surface area contributed by atoms with E-state index >= 15 is 0 Å². The molecular formula is C14H11FS2. The molecule has 0 aliphatic carbocycles. The average Bonchev–Trinajstić information content (AvgIpc) is 2.38. The highest BCUT2D eigenvalue weighted by atomic mass is 32.2. The zero-order valence-electron chi connectivity index (χ0n) is 9.10. The molecule has 0 N–H and O–H groups in total. The van der Waals surface area contributed by atoms with Crippen molar-refractivity contribution >= 4 is 28.2 Å². The third-order valence-corrected chi connectivity index (χ3v) is 3.86. The van der Waals surface area contributed by atoms with Gasteiger partial charge in [-0.1, -0.05) is 54.7 Å². The fourth-order valence-electron chi connectivity index (χ4n) is 1.39. The minimum absolute atomic E-state index is 0.232. The van der Waals surface area contributed by atoms with E-state index in [4.69, 9.17) is 12.2 Å². The monoisotopic (exact) mass is 262 g/mol. The number of hydrogen-bond donors (Lipinski definition) is 0. The standard InChI is InChI=1S/C14H11FS2/c15-13-8-6-12(7-9-13)14(16)17-10-11-4-2-1-3-5-11/h1-9H,10H2. The molecular weight excluding hydrogens is 251 g/mol. The van der Waals surface area contributed by atoms with Crippen molar-refractivity contribution < 1.29 is 4.39 Å². The van der Waals surface area contributed by atoms with Crippen LogP contribution in [-0.2, 0) is 5.75 Å². The molecule has 0 aliphatic rings. The summed E-state index contributed by atoms with van der Waals surface area (Å²) in [6, 6.07) is 16.5. The van der Waals surface area contributed by atoms with Crippen LogP contribution in [0.15, 0.2) is 54.6 Å². The van der Waals surface area contributed by atoms with E-state index in [0.717, 1.165) is 15.5 Å². The minimum atomic E-state index is -0.232. The molecule has 0 bridgehead atoms. The van der Waals surface area contributed by atoms with Gasteiger partial charge in [0.1, 0.15) is 5.82 Å². The van der Waals surface area contributed by atoms with Gasteiger partial charge in [0.2, 0.25) is 0 Å². The second-order valence-electron chi connectivity index (χ2n) is 3.57. The van der Waals surface area contributed by atoms with E-state index in [2.05, 4.69) is 12.1 Å². The molecule has 0 saturated carbocycles. The predicted octanol–water partition coefficient (Wildman–Crippen LogP) is 4.43. The van der Waals surface area contributed by atoms with E-state index in [9.17, 15) is 4.39 Å². The first-order valence-corrected chi connectivity index (χ1v) is 6.62. The summed E-state index contributed by atoms with van der Waals surface area (Å²) < 4.78 is 13.6. The Morgan fingerprint density at radius 2 is 1.65 bits per heavy atom. The lowest BCUT2D eigenvalue weighted by Crippen LogP contribution is -1.92. The summed E-state index contributed by atoms with van der Waals surface area (Å²) in [6.45, 7) is 0. The summed E-state index contributed by atoms with van der Waals surface area (Å²) in [4.78, 5) is 0. The molecule has 0 aromatic heterocycles. The SMILES string of the molecule is Fc1ccc(C(=S)SCc2ccccc2)cc1. The molecule has 0 amide bonds. The molecule has 86 valence electrons. The molecule has 0 aliphatic heterocycles. The number of benzene rings is 2. The molecule has 2 rings (SSSR count). The van der Waals surface area contributed by atoms with E-state index in [1.54, 1.807) is 23.9 Å². The Morgan fingerprint density at radius 1 is 1.00 bits per heavy atom. The lowest BCUT2D eigenvalue weighted by Gasteiger charge is -2.04. The number of thioether (sulfide) groups is 1. The Bertz CT molecular complexity index is 491. The van der Waals surface area contributed by atoms with Crippen LogP contribution in [0.2, 0.25) is 0 Å². The molecule has 0 nitrogen and oxygen atoms in total. The molecule has 0 spiro atoms. The van der Waals surface area contributed by atoms with Crippen molar-refractivity contribution in [3.8, 4) is 0 Å². The highest BCUT2D eigenvalue weighted by molar-refractivity contribution is 8.23. The summed E-state index contributed by atoms with van der Waals surface area (Å²) in [5, 5.41) is 0. The van der Waals surface area contributed by atoms with Crippen molar-refractivity contribution in [2.45, 2.75) is 5.75 Å². The predicted molar refractivity (Wildman–Crippen MR) is 75.8 cm³/mol. The third kappa shape index (κ3) is 3.65. The Kier molecular flexibility index (Phi) is 4.29. The molecule has 2 aromatic carbocycles. The third-order valence-electron chi connectivity index (χ3n) is 2.29. The minimum Gasteiger partial charge on any atom is -0.207 e. The second kappa shape index (κ2) is 5.94. The summed E-state index contributed by atoms with van der Waals surface area (Å²) >= 11 is 6.90. The fourth-order valence-corrected chi connectivity index (χ4v) is 2.50. The highest BCUT2D eigenvalue weighted by Crippen LogP contribution is 2.19. The van der Waals surface area contributed by atoms with Gasteiger partial charge in [-0.2, -0.15) is 0 Å². The average molecular weight is 262 g/mol. The van der Waals surface area contributed by atoms with Crippen LogP contribution in [0.5, 0.6) is 0 Å². The van der Waals surface area contributed by atoms with Gasteiger partial charge in [-0.15, -0.1) is 11.8 Å². The zero-order valence-corrected chi connectivity index (χ0v) is 10.7. The molecule has 0 saturated heterocycles.